The molecule has 2 N–H and O–H groups in total. The summed E-state index contributed by atoms with van der Waals surface area (Å²) in [6, 6.07) is 4.72. The number of carbonyl (C=O) groups is 1. The number of hydrogen-bond acceptors (Lipinski definition) is 6. The highest BCUT2D eigenvalue weighted by molar-refractivity contribution is 5.91. The van der Waals surface area contributed by atoms with Crippen molar-refractivity contribution in [3.8, 4) is 17.0 Å². The molecule has 1 aromatic carbocycles. The molecule has 1 aromatic heterocycles. The number of nitrogens with one attached hydrogen (secondary N) is 1. The van der Waals surface area contributed by atoms with E-state index in [2.05, 4.69) is 10.3 Å². The molecular formula is C26H27F7N4O4. The number of pyridine rings is 1. The molecule has 4 rings (SSSR count). The maximum absolute atomic E-state index is 14.9. The fourth-order valence-electron chi connectivity index (χ4n) is 4.70. The minimum absolute atomic E-state index is 0.0284. The smallest absolute Gasteiger partial charge is 0.421 e. The van der Waals surface area contributed by atoms with Crippen LogP contribution in [0.25, 0.3) is 11.1 Å². The Balaban J connectivity index is 1.62. The van der Waals surface area contributed by atoms with E-state index in [4.69, 9.17) is 14.6 Å². The second-order valence-electron chi connectivity index (χ2n) is 9.45. The second-order valence-corrected chi connectivity index (χ2v) is 9.45. The van der Waals surface area contributed by atoms with Crippen LogP contribution < -0.4 is 15.0 Å². The first-order valence-electron chi connectivity index (χ1n) is 12.6. The zero-order valence-electron chi connectivity index (χ0n) is 21.8. The molecule has 2 aliphatic rings. The van der Waals surface area contributed by atoms with E-state index in [1.165, 1.54) is 6.07 Å². The number of aliphatic hydroxyl groups excluding tert-OH is 1. The standard InChI is InChI=1S/C26H27F7N4O4/c1-15-10-19(27)20(34-24(39)37-3-2-16(14-37)23(25(28,29)30)26(31,32)33)13-18(15)17-11-21(36-4-7-40-8-5-36)35-22(12-17)41-9-6-38/h10-13,38H,2-9,14H2,1H3,(H,34,39). The van der Waals surface area contributed by atoms with Crippen LogP contribution in [0.3, 0.4) is 0 Å². The highest BCUT2D eigenvalue weighted by Gasteiger charge is 2.53. The van der Waals surface area contributed by atoms with Gasteiger partial charge in [0, 0.05) is 32.2 Å². The van der Waals surface area contributed by atoms with Crippen molar-refractivity contribution in [3.63, 3.8) is 0 Å². The lowest BCUT2D eigenvalue weighted by molar-refractivity contribution is -0.173. The van der Waals surface area contributed by atoms with Gasteiger partial charge in [0.25, 0.3) is 0 Å². The molecular weight excluding hydrogens is 565 g/mol. The van der Waals surface area contributed by atoms with Crippen molar-refractivity contribution in [3.05, 3.63) is 46.8 Å². The van der Waals surface area contributed by atoms with Gasteiger partial charge in [0.1, 0.15) is 23.8 Å². The molecule has 15 heteroatoms. The van der Waals surface area contributed by atoms with Crippen LogP contribution in [0.15, 0.2) is 35.4 Å². The minimum atomic E-state index is -5.64. The maximum atomic E-state index is 14.9. The van der Waals surface area contributed by atoms with Crippen molar-refractivity contribution in [1.29, 1.82) is 0 Å². The number of morpholine rings is 1. The van der Waals surface area contributed by atoms with E-state index >= 15 is 0 Å². The Labute approximate surface area is 230 Å². The van der Waals surface area contributed by atoms with Gasteiger partial charge in [0.15, 0.2) is 0 Å². The molecule has 0 radical (unpaired) electrons. The van der Waals surface area contributed by atoms with Crippen LogP contribution in [-0.2, 0) is 4.74 Å². The third-order valence-corrected chi connectivity index (χ3v) is 6.60. The molecule has 0 bridgehead atoms. The molecule has 2 aliphatic heterocycles. The topological polar surface area (TPSA) is 87.2 Å². The number of allylic oxidation sites excluding steroid dienone is 1. The zero-order chi connectivity index (χ0) is 29.9. The molecule has 0 spiro atoms. The zero-order valence-corrected chi connectivity index (χ0v) is 21.8. The number of aliphatic hydroxyl groups is 1. The summed E-state index contributed by atoms with van der Waals surface area (Å²) >= 11 is 0. The quantitative estimate of drug-likeness (QED) is 0.360. The van der Waals surface area contributed by atoms with Gasteiger partial charge in [-0.25, -0.2) is 9.18 Å². The van der Waals surface area contributed by atoms with Crippen molar-refractivity contribution >= 4 is 17.5 Å². The molecule has 2 saturated heterocycles. The van der Waals surface area contributed by atoms with Gasteiger partial charge in [-0.15, -0.1) is 0 Å². The molecule has 2 aromatic rings. The molecule has 0 aliphatic carbocycles. The van der Waals surface area contributed by atoms with Crippen LogP contribution in [0.5, 0.6) is 5.88 Å². The third kappa shape index (κ3) is 7.19. The monoisotopic (exact) mass is 592 g/mol. The van der Waals surface area contributed by atoms with Crippen LogP contribution in [-0.4, -0.2) is 86.0 Å². The van der Waals surface area contributed by atoms with E-state index in [-0.39, 0.29) is 24.8 Å². The number of urea groups is 1. The van der Waals surface area contributed by atoms with Crippen molar-refractivity contribution in [2.75, 3.05) is 62.8 Å². The van der Waals surface area contributed by atoms with Crippen molar-refractivity contribution in [2.45, 2.75) is 25.7 Å². The van der Waals surface area contributed by atoms with E-state index < -0.39 is 54.9 Å². The number of likely N-dealkylation sites (tertiary alicyclic amines) is 1. The Morgan fingerprint density at radius 1 is 1.07 bits per heavy atom. The van der Waals surface area contributed by atoms with Crippen molar-refractivity contribution in [2.24, 2.45) is 0 Å². The predicted molar refractivity (Wildman–Crippen MR) is 134 cm³/mol. The van der Waals surface area contributed by atoms with Gasteiger partial charge in [0.05, 0.1) is 25.5 Å². The van der Waals surface area contributed by atoms with Gasteiger partial charge in [0.2, 0.25) is 5.88 Å². The Bertz CT molecular complexity index is 1290. The number of hydrogen-bond donors (Lipinski definition) is 2. The first kappa shape index (κ1) is 30.4. The number of nitrogens with zero attached hydrogens (tertiary/aromatic N) is 3. The Kier molecular flexibility index (Phi) is 8.97. The maximum Gasteiger partial charge on any atom is 0.421 e. The summed E-state index contributed by atoms with van der Waals surface area (Å²) in [5.74, 6) is -0.122. The molecule has 8 nitrogen and oxygen atoms in total. The van der Waals surface area contributed by atoms with Crippen LogP contribution in [0.4, 0.5) is 47.0 Å². The first-order valence-corrected chi connectivity index (χ1v) is 12.6. The number of alkyl halides is 6. The summed E-state index contributed by atoms with van der Waals surface area (Å²) in [6.07, 6.45) is -11.9. The fourth-order valence-corrected chi connectivity index (χ4v) is 4.70. The molecule has 2 fully saturated rings. The van der Waals surface area contributed by atoms with E-state index in [0.29, 0.717) is 48.8 Å². The number of halogens is 7. The Morgan fingerprint density at radius 2 is 1.76 bits per heavy atom. The van der Waals surface area contributed by atoms with Crippen LogP contribution in [0.2, 0.25) is 0 Å². The Hall–Kier alpha value is -3.59. The largest absolute Gasteiger partial charge is 0.475 e. The molecule has 0 unspecified atom stereocenters. The normalized spacial score (nSPS) is 16.3. The highest BCUT2D eigenvalue weighted by Crippen LogP contribution is 2.43. The Morgan fingerprint density at radius 3 is 2.39 bits per heavy atom. The summed E-state index contributed by atoms with van der Waals surface area (Å²) in [6.45, 7) is 2.09. The van der Waals surface area contributed by atoms with Crippen molar-refractivity contribution in [1.82, 2.24) is 9.88 Å². The summed E-state index contributed by atoms with van der Waals surface area (Å²) in [5.41, 5.74) is -2.44. The average Bonchev–Trinajstić information content (AvgIpc) is 3.36. The number of amides is 2. The molecule has 0 atom stereocenters. The van der Waals surface area contributed by atoms with Gasteiger partial charge in [-0.2, -0.15) is 31.3 Å². The number of aryl methyl sites for hydroxylation is 1. The molecule has 2 amide bonds. The first-order chi connectivity index (χ1) is 19.3. The lowest BCUT2D eigenvalue weighted by atomic mass is 10.00. The highest BCUT2D eigenvalue weighted by atomic mass is 19.4. The van der Waals surface area contributed by atoms with Crippen LogP contribution >= 0.6 is 0 Å². The summed E-state index contributed by atoms with van der Waals surface area (Å²) in [7, 11) is 0. The minimum Gasteiger partial charge on any atom is -0.475 e. The van der Waals surface area contributed by atoms with E-state index in [1.807, 2.05) is 4.90 Å². The number of anilines is 2. The van der Waals surface area contributed by atoms with Gasteiger partial charge < -0.3 is 29.7 Å². The third-order valence-electron chi connectivity index (χ3n) is 6.60. The number of carbonyl (C=O) groups excluding carboxylic acids is 1. The predicted octanol–water partition coefficient (Wildman–Crippen LogP) is 5.06. The van der Waals surface area contributed by atoms with E-state index in [1.54, 1.807) is 19.1 Å². The number of ether oxygens (including phenoxy) is 2. The summed E-state index contributed by atoms with van der Waals surface area (Å²) < 4.78 is 104. The van der Waals surface area contributed by atoms with Gasteiger partial charge in [-0.05, 0) is 53.8 Å². The van der Waals surface area contributed by atoms with Crippen LogP contribution in [0, 0.1) is 12.7 Å². The number of rotatable bonds is 6. The summed E-state index contributed by atoms with van der Waals surface area (Å²) in [4.78, 5) is 20.0. The number of aromatic nitrogens is 1. The molecule has 224 valence electrons. The summed E-state index contributed by atoms with van der Waals surface area (Å²) in [5, 5.41) is 11.4. The van der Waals surface area contributed by atoms with E-state index in [0.717, 1.165) is 11.0 Å². The van der Waals surface area contributed by atoms with Gasteiger partial charge >= 0.3 is 18.4 Å². The molecule has 41 heavy (non-hydrogen) atoms. The van der Waals surface area contributed by atoms with Gasteiger partial charge in [-0.1, -0.05) is 0 Å². The molecule has 3 heterocycles. The lowest BCUT2D eigenvalue weighted by Crippen LogP contribution is -2.36. The van der Waals surface area contributed by atoms with Crippen LogP contribution in [0.1, 0.15) is 12.0 Å². The number of benzene rings is 1. The SMILES string of the molecule is Cc1cc(F)c(NC(=O)N2CCC(=C(C(F)(F)F)C(F)(F)F)C2)cc1-c1cc(OCCO)nc(N2CCOCC2)c1. The van der Waals surface area contributed by atoms with Gasteiger partial charge in [-0.3, -0.25) is 0 Å². The van der Waals surface area contributed by atoms with E-state index in [9.17, 15) is 35.5 Å². The lowest BCUT2D eigenvalue weighted by Gasteiger charge is -2.28. The van der Waals surface area contributed by atoms with Crippen molar-refractivity contribution < 1.29 is 50.1 Å². The fraction of sp³-hybridized carbons (Fsp3) is 0.462. The molecule has 0 saturated carbocycles. The second kappa shape index (κ2) is 12.1. The average molecular weight is 593 g/mol.